The van der Waals surface area contributed by atoms with Gasteiger partial charge in [0.05, 0.1) is 40.4 Å². The van der Waals surface area contributed by atoms with Crippen LogP contribution in [0.2, 0.25) is 0 Å². The van der Waals surface area contributed by atoms with E-state index in [-0.39, 0.29) is 15.9 Å². The van der Waals surface area contributed by atoms with Gasteiger partial charge in [-0.2, -0.15) is 13.2 Å². The summed E-state index contributed by atoms with van der Waals surface area (Å²) in [5, 5.41) is 11.6. The second-order valence-electron chi connectivity index (χ2n) is 7.72. The molecule has 2 heterocycles. The fraction of sp³-hybridized carbons (Fsp3) is 0.182. The van der Waals surface area contributed by atoms with Crippen LogP contribution in [0.15, 0.2) is 57.0 Å². The Kier molecular flexibility index (Phi) is 5.50. The predicted molar refractivity (Wildman–Crippen MR) is 113 cm³/mol. The highest BCUT2D eigenvalue weighted by Gasteiger charge is 2.37. The highest BCUT2D eigenvalue weighted by Crippen LogP contribution is 2.34. The normalized spacial score (nSPS) is 11.8. The number of fused-ring (bicyclic) bond motifs is 1. The quantitative estimate of drug-likeness (QED) is 0.392. The summed E-state index contributed by atoms with van der Waals surface area (Å²) in [6.45, 7) is -1.06. The molecule has 0 fully saturated rings. The Morgan fingerprint density at radius 3 is 2.26 bits per heavy atom. The van der Waals surface area contributed by atoms with Crippen LogP contribution in [0.5, 0.6) is 0 Å². The van der Waals surface area contributed by atoms with Gasteiger partial charge in [0, 0.05) is 20.3 Å². The van der Waals surface area contributed by atoms with Crippen LogP contribution in [0.25, 0.3) is 16.7 Å². The number of rotatable bonds is 4. The molecule has 0 aliphatic heterocycles. The zero-order valence-corrected chi connectivity index (χ0v) is 18.1. The van der Waals surface area contributed by atoms with E-state index >= 15 is 0 Å². The summed E-state index contributed by atoms with van der Waals surface area (Å²) in [4.78, 5) is 49.6. The second-order valence-corrected chi connectivity index (χ2v) is 7.72. The van der Waals surface area contributed by atoms with E-state index in [9.17, 15) is 41.8 Å². The first kappa shape index (κ1) is 23.7. The van der Waals surface area contributed by atoms with Gasteiger partial charge < -0.3 is 9.90 Å². The Balaban J connectivity index is 1.99. The number of alkyl halides is 3. The number of carboxylic acid groups (broad SMARTS) is 1. The largest absolute Gasteiger partial charge is 0.545 e. The topological polar surface area (TPSA) is 111 Å². The smallest absolute Gasteiger partial charge is 0.419 e. The van der Waals surface area contributed by atoms with E-state index in [2.05, 4.69) is 0 Å². The Labute approximate surface area is 192 Å². The number of halogens is 4. The van der Waals surface area contributed by atoms with Crippen LogP contribution in [0.3, 0.4) is 0 Å². The highest BCUT2D eigenvalue weighted by atomic mass is 19.4. The van der Waals surface area contributed by atoms with Crippen molar-refractivity contribution in [3.05, 3.63) is 96.4 Å². The lowest BCUT2D eigenvalue weighted by Crippen LogP contribution is -2.44. The molecule has 0 N–H and O–H groups in total. The summed E-state index contributed by atoms with van der Waals surface area (Å²) in [6, 6.07) is 6.62. The van der Waals surface area contributed by atoms with Gasteiger partial charge in [-0.25, -0.2) is 14.0 Å². The molecule has 0 radical (unpaired) electrons. The Morgan fingerprint density at radius 1 is 0.971 bits per heavy atom. The fourth-order valence-electron chi connectivity index (χ4n) is 3.90. The van der Waals surface area contributed by atoms with Crippen molar-refractivity contribution >= 4 is 17.0 Å². The molecule has 0 saturated heterocycles. The average Bonchev–Trinajstić information content (AvgIpc) is 2.99. The van der Waals surface area contributed by atoms with Crippen LogP contribution in [0.4, 0.5) is 17.6 Å². The first-order valence-electron chi connectivity index (χ1n) is 9.91. The maximum Gasteiger partial charge on any atom is 0.419 e. The number of hydrogen-bond donors (Lipinski definition) is 0. The third-order valence-corrected chi connectivity index (χ3v) is 5.64. The summed E-state index contributed by atoms with van der Waals surface area (Å²) < 4.78 is 57.9. The van der Waals surface area contributed by atoms with Crippen LogP contribution in [-0.2, 0) is 26.8 Å². The van der Waals surface area contributed by atoms with Gasteiger partial charge in [-0.1, -0.05) is 12.1 Å². The van der Waals surface area contributed by atoms with E-state index in [1.165, 1.54) is 41.4 Å². The first-order valence-corrected chi connectivity index (χ1v) is 9.91. The molecule has 4 aromatic rings. The van der Waals surface area contributed by atoms with Crippen molar-refractivity contribution in [2.75, 3.05) is 0 Å². The van der Waals surface area contributed by atoms with Gasteiger partial charge in [0.25, 0.3) is 5.56 Å². The van der Waals surface area contributed by atoms with Gasteiger partial charge in [-0.15, -0.1) is 0 Å². The lowest BCUT2D eigenvalue weighted by molar-refractivity contribution is -0.255. The number of hydrogen-bond acceptors (Lipinski definition) is 5. The van der Waals surface area contributed by atoms with Crippen molar-refractivity contribution in [1.82, 2.24) is 18.3 Å². The minimum atomic E-state index is -5.14. The Bertz CT molecular complexity index is 1690. The van der Waals surface area contributed by atoms with Crippen molar-refractivity contribution in [3.8, 4) is 5.69 Å². The van der Waals surface area contributed by atoms with Gasteiger partial charge in [-0.3, -0.25) is 23.1 Å². The second kappa shape index (κ2) is 8.11. The minimum Gasteiger partial charge on any atom is -0.545 e. The molecule has 0 unspecified atom stereocenters. The number of aromatic carboxylic acids is 1. The first-order chi connectivity index (χ1) is 16.3. The lowest BCUT2D eigenvalue weighted by atomic mass is 10.1. The van der Waals surface area contributed by atoms with Crippen molar-refractivity contribution < 1.29 is 27.5 Å². The number of imidazole rings is 1. The van der Waals surface area contributed by atoms with Crippen LogP contribution < -0.4 is 22.0 Å². The van der Waals surface area contributed by atoms with E-state index in [0.717, 1.165) is 16.7 Å². The highest BCUT2D eigenvalue weighted by molar-refractivity contribution is 5.85. The van der Waals surface area contributed by atoms with Crippen LogP contribution >= 0.6 is 0 Å². The molecular formula is C22H15F4N4O5-. The van der Waals surface area contributed by atoms with E-state index in [1.807, 2.05) is 0 Å². The van der Waals surface area contributed by atoms with Crippen LogP contribution in [-0.4, -0.2) is 24.2 Å². The minimum absolute atomic E-state index is 0.0234. The van der Waals surface area contributed by atoms with Crippen molar-refractivity contribution in [3.63, 3.8) is 0 Å². The summed E-state index contributed by atoms with van der Waals surface area (Å²) in [5.41, 5.74) is -5.55. The number of benzene rings is 2. The number of carboxylic acids is 1. The molecule has 0 saturated carbocycles. The lowest BCUT2D eigenvalue weighted by Gasteiger charge is -2.17. The molecule has 182 valence electrons. The predicted octanol–water partition coefficient (Wildman–Crippen LogP) is 0.759. The third-order valence-electron chi connectivity index (χ3n) is 5.64. The van der Waals surface area contributed by atoms with E-state index in [0.29, 0.717) is 23.3 Å². The molecule has 13 heteroatoms. The number of nitrogens with zero attached hydrogens (tertiary/aromatic N) is 4. The molecule has 35 heavy (non-hydrogen) atoms. The molecule has 0 amide bonds. The molecule has 0 spiro atoms. The molecule has 0 aliphatic rings. The SMILES string of the molecule is Cn1c(=O)n(C)c2cc(-n3cc(C(=O)[O-])c(=O)n(Cc4cccc(F)c4C(F)(F)F)c3=O)ccc21. The molecule has 4 rings (SSSR count). The van der Waals surface area contributed by atoms with Gasteiger partial charge in [0.15, 0.2) is 0 Å². The average molecular weight is 491 g/mol. The standard InChI is InChI=1S/C22H16F4N4O5/c1-27-15-7-6-12(8-16(15)28(2)20(27)34)29-10-13(19(32)33)18(31)30(21(29)35)9-11-4-3-5-14(23)17(11)22(24,25)26/h3-8,10H,9H2,1-2H3,(H,32,33)/p-1. The van der Waals surface area contributed by atoms with Gasteiger partial charge in [0.1, 0.15) is 5.82 Å². The molecule has 0 aliphatic carbocycles. The number of carbonyl (C=O) groups is 1. The monoisotopic (exact) mass is 491 g/mol. The Morgan fingerprint density at radius 2 is 1.63 bits per heavy atom. The number of aromatic nitrogens is 4. The van der Waals surface area contributed by atoms with E-state index in [4.69, 9.17) is 0 Å². The molecule has 9 nitrogen and oxygen atoms in total. The zero-order valence-electron chi connectivity index (χ0n) is 18.1. The summed E-state index contributed by atoms with van der Waals surface area (Å²) in [7, 11) is 2.98. The van der Waals surface area contributed by atoms with E-state index in [1.54, 1.807) is 0 Å². The maximum atomic E-state index is 14.0. The van der Waals surface area contributed by atoms with Crippen molar-refractivity contribution in [2.45, 2.75) is 12.7 Å². The third kappa shape index (κ3) is 3.84. The van der Waals surface area contributed by atoms with Crippen molar-refractivity contribution in [1.29, 1.82) is 0 Å². The fourth-order valence-corrected chi connectivity index (χ4v) is 3.90. The van der Waals surface area contributed by atoms with Gasteiger partial charge in [-0.05, 0) is 29.8 Å². The van der Waals surface area contributed by atoms with E-state index < -0.39 is 52.4 Å². The number of carbonyl (C=O) groups excluding carboxylic acids is 1. The summed E-state index contributed by atoms with van der Waals surface area (Å²) >= 11 is 0. The summed E-state index contributed by atoms with van der Waals surface area (Å²) in [6.07, 6.45) is -4.45. The molecule has 0 bridgehead atoms. The molecule has 2 aromatic carbocycles. The van der Waals surface area contributed by atoms with Gasteiger partial charge in [0.2, 0.25) is 0 Å². The zero-order chi connectivity index (χ0) is 25.8. The van der Waals surface area contributed by atoms with Crippen LogP contribution in [0.1, 0.15) is 21.5 Å². The Hall–Kier alpha value is -4.42. The molecule has 0 atom stereocenters. The molecule has 2 aromatic heterocycles. The number of aryl methyl sites for hydroxylation is 2. The van der Waals surface area contributed by atoms with Crippen LogP contribution in [0, 0.1) is 5.82 Å². The molecular weight excluding hydrogens is 476 g/mol. The maximum absolute atomic E-state index is 14.0. The summed E-state index contributed by atoms with van der Waals surface area (Å²) in [5.74, 6) is -3.59. The van der Waals surface area contributed by atoms with Gasteiger partial charge >= 0.3 is 17.6 Å². The van der Waals surface area contributed by atoms with Crippen molar-refractivity contribution in [2.24, 2.45) is 14.1 Å².